The summed E-state index contributed by atoms with van der Waals surface area (Å²) >= 11 is 3.27. The molecule has 0 radical (unpaired) electrons. The van der Waals surface area contributed by atoms with Crippen LogP contribution < -0.4 is 16.4 Å². The van der Waals surface area contributed by atoms with Gasteiger partial charge in [-0.25, -0.2) is 4.79 Å². The van der Waals surface area contributed by atoms with Crippen LogP contribution in [-0.4, -0.2) is 6.03 Å². The van der Waals surface area contributed by atoms with Crippen LogP contribution in [0.4, 0.5) is 21.9 Å². The van der Waals surface area contributed by atoms with Gasteiger partial charge in [0.05, 0.1) is 11.3 Å². The monoisotopic (exact) mass is 330 g/mol. The van der Waals surface area contributed by atoms with Crippen molar-refractivity contribution < 1.29 is 4.79 Å². The van der Waals surface area contributed by atoms with Crippen LogP contribution in [0, 0.1) is 11.3 Å². The third kappa shape index (κ3) is 3.49. The maximum Gasteiger partial charge on any atom is 0.323 e. The smallest absolute Gasteiger partial charge is 0.323 e. The molecule has 2 amide bonds. The van der Waals surface area contributed by atoms with E-state index in [1.165, 1.54) is 0 Å². The van der Waals surface area contributed by atoms with Crippen molar-refractivity contribution in [1.82, 2.24) is 0 Å². The molecule has 0 aromatic heterocycles. The number of nitrogens with two attached hydrogens (primary N) is 1. The Labute approximate surface area is 124 Å². The Morgan fingerprint density at radius 2 is 1.85 bits per heavy atom. The number of rotatable bonds is 2. The molecule has 0 atom stereocenters. The summed E-state index contributed by atoms with van der Waals surface area (Å²) < 4.78 is 0.776. The molecule has 0 aliphatic rings. The molecule has 0 heterocycles. The lowest BCUT2D eigenvalue weighted by Crippen LogP contribution is -2.20. The van der Waals surface area contributed by atoms with Crippen molar-refractivity contribution in [2.75, 3.05) is 16.4 Å². The minimum Gasteiger partial charge on any atom is -0.399 e. The summed E-state index contributed by atoms with van der Waals surface area (Å²) in [5.41, 5.74) is 7.63. The first-order valence-electron chi connectivity index (χ1n) is 5.71. The number of hydrogen-bond acceptors (Lipinski definition) is 3. The molecule has 0 saturated heterocycles. The highest BCUT2D eigenvalue weighted by molar-refractivity contribution is 9.10. The van der Waals surface area contributed by atoms with E-state index in [0.717, 1.165) is 4.47 Å². The largest absolute Gasteiger partial charge is 0.399 e. The van der Waals surface area contributed by atoms with Gasteiger partial charge in [-0.2, -0.15) is 5.26 Å². The van der Waals surface area contributed by atoms with Crippen LogP contribution in [-0.2, 0) is 0 Å². The molecule has 2 aromatic carbocycles. The molecule has 0 aliphatic heterocycles. The molecule has 2 aromatic rings. The number of benzene rings is 2. The van der Waals surface area contributed by atoms with E-state index in [2.05, 4.69) is 26.6 Å². The van der Waals surface area contributed by atoms with Crippen LogP contribution in [0.2, 0.25) is 0 Å². The van der Waals surface area contributed by atoms with Crippen molar-refractivity contribution in [3.63, 3.8) is 0 Å². The summed E-state index contributed by atoms with van der Waals surface area (Å²) in [6.07, 6.45) is 0. The molecule has 100 valence electrons. The highest BCUT2D eigenvalue weighted by Crippen LogP contribution is 2.20. The number of carbonyl (C=O) groups is 1. The molecule has 2 rings (SSSR count). The van der Waals surface area contributed by atoms with Gasteiger partial charge in [-0.05, 0) is 42.5 Å². The van der Waals surface area contributed by atoms with Crippen LogP contribution in [0.15, 0.2) is 46.9 Å². The third-order valence-corrected chi connectivity index (χ3v) is 3.01. The lowest BCUT2D eigenvalue weighted by Gasteiger charge is -2.09. The van der Waals surface area contributed by atoms with E-state index in [4.69, 9.17) is 11.0 Å². The van der Waals surface area contributed by atoms with Crippen molar-refractivity contribution in [3.05, 3.63) is 52.5 Å². The first-order valence-corrected chi connectivity index (χ1v) is 6.51. The number of nitrogens with zero attached hydrogens (tertiary/aromatic N) is 1. The first kappa shape index (κ1) is 13.9. The Kier molecular flexibility index (Phi) is 4.23. The summed E-state index contributed by atoms with van der Waals surface area (Å²) in [6.45, 7) is 0. The van der Waals surface area contributed by atoms with E-state index in [1.807, 2.05) is 6.07 Å². The van der Waals surface area contributed by atoms with E-state index in [9.17, 15) is 4.79 Å². The van der Waals surface area contributed by atoms with E-state index in [-0.39, 0.29) is 0 Å². The average molecular weight is 331 g/mol. The number of nitrogens with one attached hydrogen (secondary N) is 2. The second-order valence-corrected chi connectivity index (χ2v) is 4.92. The van der Waals surface area contributed by atoms with Gasteiger partial charge in [0.1, 0.15) is 6.07 Å². The van der Waals surface area contributed by atoms with Crippen molar-refractivity contribution in [1.29, 1.82) is 5.26 Å². The van der Waals surface area contributed by atoms with E-state index >= 15 is 0 Å². The number of anilines is 3. The maximum atomic E-state index is 11.8. The van der Waals surface area contributed by atoms with Gasteiger partial charge in [-0.15, -0.1) is 0 Å². The van der Waals surface area contributed by atoms with Crippen LogP contribution in [0.5, 0.6) is 0 Å². The number of hydrogen-bond donors (Lipinski definition) is 3. The van der Waals surface area contributed by atoms with Crippen molar-refractivity contribution in [2.24, 2.45) is 0 Å². The van der Waals surface area contributed by atoms with Gasteiger partial charge < -0.3 is 16.4 Å². The van der Waals surface area contributed by atoms with Gasteiger partial charge >= 0.3 is 6.03 Å². The lowest BCUT2D eigenvalue weighted by molar-refractivity contribution is 0.262. The standard InChI is InChI=1S/C14H11BrN4O/c15-10-1-6-13(9(7-10)8-16)19-14(20)18-12-4-2-11(17)3-5-12/h1-7H,17H2,(H2,18,19,20). The number of halogens is 1. The van der Waals surface area contributed by atoms with Gasteiger partial charge in [0.15, 0.2) is 0 Å². The maximum absolute atomic E-state index is 11.8. The van der Waals surface area contributed by atoms with Gasteiger partial charge in [-0.1, -0.05) is 15.9 Å². The lowest BCUT2D eigenvalue weighted by atomic mass is 10.2. The minimum absolute atomic E-state index is 0.381. The number of nitrogen functional groups attached to an aromatic ring is 1. The Morgan fingerprint density at radius 3 is 2.50 bits per heavy atom. The van der Waals surface area contributed by atoms with Crippen LogP contribution in [0.3, 0.4) is 0 Å². The Balaban J connectivity index is 2.09. The number of nitriles is 1. The predicted octanol–water partition coefficient (Wildman–Crippen LogP) is 3.55. The summed E-state index contributed by atoms with van der Waals surface area (Å²) in [5, 5.41) is 14.3. The molecule has 20 heavy (non-hydrogen) atoms. The van der Waals surface area contributed by atoms with Crippen LogP contribution in [0.25, 0.3) is 0 Å². The van der Waals surface area contributed by atoms with Crippen molar-refractivity contribution in [2.45, 2.75) is 0 Å². The SMILES string of the molecule is N#Cc1cc(Br)ccc1NC(=O)Nc1ccc(N)cc1. The summed E-state index contributed by atoms with van der Waals surface area (Å²) in [5.74, 6) is 0. The van der Waals surface area contributed by atoms with E-state index < -0.39 is 6.03 Å². The molecule has 0 fully saturated rings. The first-order chi connectivity index (χ1) is 9.58. The molecule has 0 unspecified atom stereocenters. The Hall–Kier alpha value is -2.52. The average Bonchev–Trinajstić information content (AvgIpc) is 2.43. The molecule has 5 nitrogen and oxygen atoms in total. The van der Waals surface area contributed by atoms with E-state index in [1.54, 1.807) is 42.5 Å². The third-order valence-electron chi connectivity index (χ3n) is 2.52. The van der Waals surface area contributed by atoms with Crippen molar-refractivity contribution >= 4 is 39.0 Å². The highest BCUT2D eigenvalue weighted by atomic mass is 79.9. The summed E-state index contributed by atoms with van der Waals surface area (Å²) in [7, 11) is 0. The molecule has 0 bridgehead atoms. The van der Waals surface area contributed by atoms with E-state index in [0.29, 0.717) is 22.6 Å². The normalized spacial score (nSPS) is 9.60. The fourth-order valence-electron chi connectivity index (χ4n) is 1.57. The number of urea groups is 1. The zero-order valence-corrected chi connectivity index (χ0v) is 11.9. The summed E-state index contributed by atoms with van der Waals surface area (Å²) in [6, 6.07) is 13.4. The summed E-state index contributed by atoms with van der Waals surface area (Å²) in [4.78, 5) is 11.8. The predicted molar refractivity (Wildman–Crippen MR) is 82.4 cm³/mol. The van der Waals surface area contributed by atoms with Gasteiger partial charge in [0.25, 0.3) is 0 Å². The molecule has 0 spiro atoms. The fourth-order valence-corrected chi connectivity index (χ4v) is 1.93. The zero-order valence-electron chi connectivity index (χ0n) is 10.4. The second-order valence-electron chi connectivity index (χ2n) is 4.00. The topological polar surface area (TPSA) is 90.9 Å². The Morgan fingerprint density at radius 1 is 1.15 bits per heavy atom. The molecule has 0 aliphatic carbocycles. The van der Waals surface area contributed by atoms with Gasteiger partial charge in [0, 0.05) is 15.8 Å². The Bertz CT molecular complexity index is 677. The van der Waals surface area contributed by atoms with Crippen LogP contribution >= 0.6 is 15.9 Å². The number of carbonyl (C=O) groups excluding carboxylic acids is 1. The minimum atomic E-state index is -0.423. The van der Waals surface area contributed by atoms with Gasteiger partial charge in [-0.3, -0.25) is 0 Å². The second kappa shape index (κ2) is 6.08. The van der Waals surface area contributed by atoms with Crippen LogP contribution in [0.1, 0.15) is 5.56 Å². The molecular formula is C14H11BrN4O. The zero-order chi connectivity index (χ0) is 14.5. The molecule has 4 N–H and O–H groups in total. The molecule has 0 saturated carbocycles. The number of amides is 2. The molecular weight excluding hydrogens is 320 g/mol. The van der Waals surface area contributed by atoms with Crippen molar-refractivity contribution in [3.8, 4) is 6.07 Å². The quantitative estimate of drug-likeness (QED) is 0.735. The fraction of sp³-hybridized carbons (Fsp3) is 0. The van der Waals surface area contributed by atoms with Gasteiger partial charge in [0.2, 0.25) is 0 Å². The highest BCUT2D eigenvalue weighted by Gasteiger charge is 2.07. The molecule has 6 heteroatoms.